The molecule has 8 heteroatoms. The van der Waals surface area contributed by atoms with Crippen LogP contribution in [0.2, 0.25) is 0 Å². The van der Waals surface area contributed by atoms with Gasteiger partial charge in [-0.1, -0.05) is 41.5 Å². The summed E-state index contributed by atoms with van der Waals surface area (Å²) >= 11 is 0. The van der Waals surface area contributed by atoms with E-state index in [1.54, 1.807) is 6.92 Å². The standard InChI is InChI=1S/C22H18N4O4/c1-13-16-10-6-7-11-17(16)23-14(2)19(13)21(28)29-12-18(27)24-22-26-25-20(30-22)15-8-4-3-5-9-15/h3-11H,12H2,1-2H3,(H,24,26,27). The summed E-state index contributed by atoms with van der Waals surface area (Å²) in [4.78, 5) is 29.2. The molecule has 8 nitrogen and oxygen atoms in total. The number of anilines is 1. The van der Waals surface area contributed by atoms with Crippen molar-refractivity contribution in [2.24, 2.45) is 0 Å². The fraction of sp³-hybridized carbons (Fsp3) is 0.136. The zero-order valence-corrected chi connectivity index (χ0v) is 16.4. The Bertz CT molecular complexity index is 1230. The molecule has 4 aromatic rings. The summed E-state index contributed by atoms with van der Waals surface area (Å²) in [5.41, 5.74) is 3.18. The van der Waals surface area contributed by atoms with E-state index in [4.69, 9.17) is 9.15 Å². The molecule has 0 aliphatic rings. The van der Waals surface area contributed by atoms with E-state index in [1.807, 2.05) is 61.5 Å². The molecule has 0 atom stereocenters. The molecular weight excluding hydrogens is 384 g/mol. The number of amides is 1. The fourth-order valence-corrected chi connectivity index (χ4v) is 3.16. The highest BCUT2D eigenvalue weighted by molar-refractivity contribution is 5.99. The van der Waals surface area contributed by atoms with Gasteiger partial charge in [-0.3, -0.25) is 15.1 Å². The van der Waals surface area contributed by atoms with Crippen molar-refractivity contribution in [3.05, 3.63) is 71.4 Å². The highest BCUT2D eigenvalue weighted by Gasteiger charge is 2.19. The van der Waals surface area contributed by atoms with Crippen molar-refractivity contribution in [1.82, 2.24) is 15.2 Å². The first-order chi connectivity index (χ1) is 14.5. The third-order valence-corrected chi connectivity index (χ3v) is 4.56. The van der Waals surface area contributed by atoms with E-state index in [0.717, 1.165) is 22.0 Å². The molecule has 2 heterocycles. The molecule has 0 bridgehead atoms. The fourth-order valence-electron chi connectivity index (χ4n) is 3.16. The lowest BCUT2D eigenvalue weighted by atomic mass is 10.0. The SMILES string of the molecule is Cc1nc2ccccc2c(C)c1C(=O)OCC(=O)Nc1nnc(-c2ccccc2)o1. The van der Waals surface area contributed by atoms with Crippen molar-refractivity contribution in [2.75, 3.05) is 11.9 Å². The number of hydrogen-bond acceptors (Lipinski definition) is 7. The minimum atomic E-state index is -0.617. The number of aromatic nitrogens is 3. The van der Waals surface area contributed by atoms with Crippen LogP contribution in [0.25, 0.3) is 22.4 Å². The van der Waals surface area contributed by atoms with Crippen molar-refractivity contribution < 1.29 is 18.7 Å². The van der Waals surface area contributed by atoms with E-state index in [-0.39, 0.29) is 11.9 Å². The summed E-state index contributed by atoms with van der Waals surface area (Å²) in [6.45, 7) is 3.07. The predicted molar refractivity (Wildman–Crippen MR) is 110 cm³/mol. The molecule has 0 saturated carbocycles. The number of fused-ring (bicyclic) bond motifs is 1. The summed E-state index contributed by atoms with van der Waals surface area (Å²) < 4.78 is 10.6. The molecule has 0 unspecified atom stereocenters. The molecule has 0 aliphatic heterocycles. The minimum Gasteiger partial charge on any atom is -0.452 e. The second kappa shape index (κ2) is 8.12. The Morgan fingerprint density at radius 2 is 1.73 bits per heavy atom. The number of pyridine rings is 1. The maximum absolute atomic E-state index is 12.6. The van der Waals surface area contributed by atoms with E-state index in [2.05, 4.69) is 20.5 Å². The van der Waals surface area contributed by atoms with Crippen molar-refractivity contribution in [3.63, 3.8) is 0 Å². The maximum Gasteiger partial charge on any atom is 0.340 e. The van der Waals surface area contributed by atoms with Gasteiger partial charge >= 0.3 is 12.0 Å². The highest BCUT2D eigenvalue weighted by Crippen LogP contribution is 2.23. The van der Waals surface area contributed by atoms with Gasteiger partial charge in [0.05, 0.1) is 16.8 Å². The van der Waals surface area contributed by atoms with Crippen LogP contribution in [0.3, 0.4) is 0 Å². The third kappa shape index (κ3) is 3.88. The number of aryl methyl sites for hydroxylation is 2. The van der Waals surface area contributed by atoms with Crippen LogP contribution in [-0.4, -0.2) is 33.7 Å². The van der Waals surface area contributed by atoms with Crippen molar-refractivity contribution in [1.29, 1.82) is 0 Å². The Kier molecular flexibility index (Phi) is 5.21. The van der Waals surface area contributed by atoms with E-state index in [9.17, 15) is 9.59 Å². The number of carbonyl (C=O) groups is 2. The second-order valence-corrected chi connectivity index (χ2v) is 6.62. The number of ether oxygens (including phenoxy) is 1. The summed E-state index contributed by atoms with van der Waals surface area (Å²) in [6.07, 6.45) is 0. The number of nitrogens with zero attached hydrogens (tertiary/aromatic N) is 3. The molecule has 150 valence electrons. The first kappa shape index (κ1) is 19.3. The number of hydrogen-bond donors (Lipinski definition) is 1. The maximum atomic E-state index is 12.6. The molecule has 1 amide bonds. The molecule has 30 heavy (non-hydrogen) atoms. The summed E-state index contributed by atoms with van der Waals surface area (Å²) in [5.74, 6) is -0.930. The zero-order chi connectivity index (χ0) is 21.1. The van der Waals surface area contributed by atoms with Gasteiger partial charge in [0.2, 0.25) is 5.89 Å². The van der Waals surface area contributed by atoms with Crippen LogP contribution in [0.1, 0.15) is 21.6 Å². The van der Waals surface area contributed by atoms with Gasteiger partial charge in [0, 0.05) is 10.9 Å². The minimum absolute atomic E-state index is 0.0744. The predicted octanol–water partition coefficient (Wildman–Crippen LogP) is 3.70. The first-order valence-corrected chi connectivity index (χ1v) is 9.25. The van der Waals surface area contributed by atoms with Crippen molar-refractivity contribution >= 4 is 28.8 Å². The largest absolute Gasteiger partial charge is 0.452 e. The van der Waals surface area contributed by atoms with Gasteiger partial charge in [-0.25, -0.2) is 4.79 Å². The molecule has 0 radical (unpaired) electrons. The van der Waals surface area contributed by atoms with Crippen LogP contribution in [0.4, 0.5) is 6.01 Å². The molecule has 4 rings (SSSR count). The van der Waals surface area contributed by atoms with Crippen LogP contribution < -0.4 is 5.32 Å². The van der Waals surface area contributed by atoms with Gasteiger partial charge in [-0.05, 0) is 37.6 Å². The van der Waals surface area contributed by atoms with Gasteiger partial charge in [0.1, 0.15) is 0 Å². The van der Waals surface area contributed by atoms with Crippen LogP contribution >= 0.6 is 0 Å². The van der Waals surface area contributed by atoms with E-state index in [1.165, 1.54) is 0 Å². The van der Waals surface area contributed by atoms with Gasteiger partial charge in [-0.2, -0.15) is 0 Å². The molecule has 1 N–H and O–H groups in total. The molecule has 0 spiro atoms. The van der Waals surface area contributed by atoms with Crippen molar-refractivity contribution in [3.8, 4) is 11.5 Å². The number of nitrogens with one attached hydrogen (secondary N) is 1. The van der Waals surface area contributed by atoms with Crippen LogP contribution in [0.15, 0.2) is 59.0 Å². The number of carbonyl (C=O) groups excluding carboxylic acids is 2. The number of para-hydroxylation sites is 1. The van der Waals surface area contributed by atoms with Crippen molar-refractivity contribution in [2.45, 2.75) is 13.8 Å². The van der Waals surface area contributed by atoms with Crippen LogP contribution in [0.5, 0.6) is 0 Å². The average Bonchev–Trinajstić information content (AvgIpc) is 3.21. The molecule has 0 aliphatic carbocycles. The monoisotopic (exact) mass is 402 g/mol. The van der Waals surface area contributed by atoms with Crippen LogP contribution in [-0.2, 0) is 9.53 Å². The lowest BCUT2D eigenvalue weighted by molar-refractivity contribution is -0.119. The second-order valence-electron chi connectivity index (χ2n) is 6.62. The summed E-state index contributed by atoms with van der Waals surface area (Å²) in [5, 5.41) is 11.0. The van der Waals surface area contributed by atoms with Gasteiger partial charge in [0.25, 0.3) is 5.91 Å². The zero-order valence-electron chi connectivity index (χ0n) is 16.4. The third-order valence-electron chi connectivity index (χ3n) is 4.56. The highest BCUT2D eigenvalue weighted by atomic mass is 16.5. The molecule has 2 aromatic heterocycles. The topological polar surface area (TPSA) is 107 Å². The summed E-state index contributed by atoms with van der Waals surface area (Å²) in [6, 6.07) is 16.6. The molecule has 0 fully saturated rings. The van der Waals surface area contributed by atoms with E-state index in [0.29, 0.717) is 11.3 Å². The lowest BCUT2D eigenvalue weighted by Gasteiger charge is -2.11. The van der Waals surface area contributed by atoms with Gasteiger partial charge < -0.3 is 9.15 Å². The Morgan fingerprint density at radius 3 is 2.53 bits per heavy atom. The number of rotatable bonds is 5. The first-order valence-electron chi connectivity index (χ1n) is 9.25. The lowest BCUT2D eigenvalue weighted by Crippen LogP contribution is -2.22. The Labute approximate surface area is 171 Å². The van der Waals surface area contributed by atoms with Crippen LogP contribution in [0, 0.1) is 13.8 Å². The average molecular weight is 402 g/mol. The Morgan fingerprint density at radius 1 is 1.00 bits per heavy atom. The van der Waals surface area contributed by atoms with E-state index >= 15 is 0 Å². The molecule has 2 aromatic carbocycles. The number of esters is 1. The molecule has 0 saturated heterocycles. The summed E-state index contributed by atoms with van der Waals surface area (Å²) in [7, 11) is 0. The Hall–Kier alpha value is -4.07. The van der Waals surface area contributed by atoms with E-state index < -0.39 is 18.5 Å². The molecular formula is C22H18N4O4. The van der Waals surface area contributed by atoms with Gasteiger partial charge in [0.15, 0.2) is 6.61 Å². The quantitative estimate of drug-likeness (QED) is 0.507. The smallest absolute Gasteiger partial charge is 0.340 e. The van der Waals surface area contributed by atoms with Gasteiger partial charge in [-0.15, -0.1) is 5.10 Å². The Balaban J connectivity index is 1.42. The normalized spacial score (nSPS) is 10.7. The number of benzene rings is 2.